The van der Waals surface area contributed by atoms with Crippen molar-refractivity contribution in [2.75, 3.05) is 50.7 Å². The van der Waals surface area contributed by atoms with Crippen LogP contribution in [0.15, 0.2) is 29.2 Å². The Balaban J connectivity index is 1.41. The number of anilines is 1. The van der Waals surface area contributed by atoms with Crippen LogP contribution in [0, 0.1) is 0 Å². The lowest BCUT2D eigenvalue weighted by atomic mass is 10.2. The van der Waals surface area contributed by atoms with Gasteiger partial charge in [0.2, 0.25) is 0 Å². The minimum absolute atomic E-state index is 0.114. The number of likely N-dealkylation sites (N-methyl/N-ethyl adjacent to an activating group) is 1. The van der Waals surface area contributed by atoms with Gasteiger partial charge in [0, 0.05) is 68.8 Å². The Bertz CT molecular complexity index is 841. The van der Waals surface area contributed by atoms with Gasteiger partial charge in [0.05, 0.1) is 0 Å². The Labute approximate surface area is 166 Å². The van der Waals surface area contributed by atoms with Crippen molar-refractivity contribution in [3.05, 3.63) is 40.4 Å². The normalized spacial score (nSPS) is 21.4. The molecule has 1 unspecified atom stereocenters. The van der Waals surface area contributed by atoms with Crippen LogP contribution in [0.3, 0.4) is 0 Å². The van der Waals surface area contributed by atoms with Gasteiger partial charge in [0.25, 0.3) is 5.56 Å². The summed E-state index contributed by atoms with van der Waals surface area (Å²) in [4.78, 5) is 31.4. The average Bonchev–Trinajstić information content (AvgIpc) is 3.23. The van der Waals surface area contributed by atoms with Crippen molar-refractivity contribution in [2.24, 2.45) is 0 Å². The molecule has 2 aliphatic heterocycles. The lowest BCUT2D eigenvalue weighted by molar-refractivity contribution is 0.107. The smallest absolute Gasteiger partial charge is 0.251 e. The Morgan fingerprint density at radius 2 is 1.96 bits per heavy atom. The van der Waals surface area contributed by atoms with E-state index >= 15 is 0 Å². The van der Waals surface area contributed by atoms with Gasteiger partial charge in [-0.15, -0.1) is 0 Å². The predicted octanol–water partition coefficient (Wildman–Crippen LogP) is 1.61. The van der Waals surface area contributed by atoms with Gasteiger partial charge in [-0.1, -0.05) is 13.8 Å². The van der Waals surface area contributed by atoms with Crippen LogP contribution in [-0.2, 0) is 6.42 Å². The number of nitrogens with zero attached hydrogens (tertiary/aromatic N) is 5. The summed E-state index contributed by atoms with van der Waals surface area (Å²) < 4.78 is 0. The number of rotatable bonds is 5. The molecule has 2 aromatic rings. The third-order valence-corrected chi connectivity index (χ3v) is 6.04. The molecular weight excluding hydrogens is 352 g/mol. The topological polar surface area (TPSA) is 68.4 Å². The van der Waals surface area contributed by atoms with Crippen molar-refractivity contribution in [1.82, 2.24) is 24.8 Å². The quantitative estimate of drug-likeness (QED) is 0.847. The standard InChI is InChI=1S/C21H30N6O/c1-3-17-13-20(28)24-21(23-17)16-5-6-19(22-14-16)27-8-7-18(15-27)26-11-9-25(4-2)10-12-26/h5-6,13-14,18H,3-4,7-12,15H2,1-2H3,(H,23,24,28). The molecule has 7 nitrogen and oxygen atoms in total. The van der Waals surface area contributed by atoms with Gasteiger partial charge in [-0.25, -0.2) is 9.97 Å². The van der Waals surface area contributed by atoms with Crippen molar-refractivity contribution < 1.29 is 0 Å². The highest BCUT2D eigenvalue weighted by Crippen LogP contribution is 2.24. The first-order valence-electron chi connectivity index (χ1n) is 10.4. The van der Waals surface area contributed by atoms with Crippen LogP contribution >= 0.6 is 0 Å². The fourth-order valence-electron chi connectivity index (χ4n) is 4.23. The number of aromatic amines is 1. The zero-order valence-electron chi connectivity index (χ0n) is 16.9. The van der Waals surface area contributed by atoms with Gasteiger partial charge in [-0.05, 0) is 31.5 Å². The van der Waals surface area contributed by atoms with Crippen molar-refractivity contribution in [3.8, 4) is 11.4 Å². The fourth-order valence-corrected chi connectivity index (χ4v) is 4.23. The Morgan fingerprint density at radius 3 is 2.64 bits per heavy atom. The van der Waals surface area contributed by atoms with E-state index in [0.717, 1.165) is 43.1 Å². The number of H-pyrrole nitrogens is 1. The van der Waals surface area contributed by atoms with Crippen LogP contribution in [-0.4, -0.2) is 76.6 Å². The molecule has 7 heteroatoms. The molecule has 0 aliphatic carbocycles. The summed E-state index contributed by atoms with van der Waals surface area (Å²) in [6.45, 7) is 12.2. The molecular formula is C21H30N6O. The minimum Gasteiger partial charge on any atom is -0.355 e. The van der Waals surface area contributed by atoms with Gasteiger partial charge in [0.15, 0.2) is 0 Å². The van der Waals surface area contributed by atoms with Crippen molar-refractivity contribution in [2.45, 2.75) is 32.7 Å². The van der Waals surface area contributed by atoms with E-state index in [2.05, 4.69) is 36.6 Å². The molecule has 2 aromatic heterocycles. The largest absolute Gasteiger partial charge is 0.355 e. The molecule has 0 aromatic carbocycles. The Kier molecular flexibility index (Phi) is 5.73. The zero-order valence-corrected chi connectivity index (χ0v) is 16.9. The van der Waals surface area contributed by atoms with Crippen LogP contribution in [0.2, 0.25) is 0 Å². The molecule has 0 saturated carbocycles. The first kappa shape index (κ1) is 19.1. The number of hydrogen-bond donors (Lipinski definition) is 1. The number of hydrogen-bond acceptors (Lipinski definition) is 6. The van der Waals surface area contributed by atoms with Gasteiger partial charge in [-0.3, -0.25) is 9.69 Å². The number of piperazine rings is 1. The van der Waals surface area contributed by atoms with Crippen LogP contribution in [0.4, 0.5) is 5.82 Å². The number of aromatic nitrogens is 3. The fraction of sp³-hybridized carbons (Fsp3) is 0.571. The lowest BCUT2D eigenvalue weighted by Gasteiger charge is -2.37. The third kappa shape index (κ3) is 4.10. The molecule has 4 heterocycles. The van der Waals surface area contributed by atoms with Crippen molar-refractivity contribution in [3.63, 3.8) is 0 Å². The molecule has 4 rings (SSSR count). The Morgan fingerprint density at radius 1 is 1.14 bits per heavy atom. The molecule has 2 aliphatic rings. The van der Waals surface area contributed by atoms with E-state index in [4.69, 9.17) is 0 Å². The Hall–Kier alpha value is -2.25. The summed E-state index contributed by atoms with van der Waals surface area (Å²) >= 11 is 0. The van der Waals surface area contributed by atoms with E-state index in [1.807, 2.05) is 25.3 Å². The second-order valence-corrected chi connectivity index (χ2v) is 7.70. The van der Waals surface area contributed by atoms with E-state index < -0.39 is 0 Å². The summed E-state index contributed by atoms with van der Waals surface area (Å²) in [5.41, 5.74) is 1.53. The molecule has 0 amide bonds. The highest BCUT2D eigenvalue weighted by atomic mass is 16.1. The van der Waals surface area contributed by atoms with Gasteiger partial charge >= 0.3 is 0 Å². The van der Waals surface area contributed by atoms with E-state index in [0.29, 0.717) is 11.9 Å². The average molecular weight is 383 g/mol. The maximum Gasteiger partial charge on any atom is 0.251 e. The number of nitrogens with one attached hydrogen (secondary N) is 1. The third-order valence-electron chi connectivity index (χ3n) is 6.04. The molecule has 2 saturated heterocycles. The molecule has 0 radical (unpaired) electrons. The first-order chi connectivity index (χ1) is 13.7. The first-order valence-corrected chi connectivity index (χ1v) is 10.4. The number of aryl methyl sites for hydroxylation is 1. The summed E-state index contributed by atoms with van der Waals surface area (Å²) in [5, 5.41) is 0. The molecule has 150 valence electrons. The molecule has 0 bridgehead atoms. The van der Waals surface area contributed by atoms with E-state index in [1.54, 1.807) is 6.07 Å². The van der Waals surface area contributed by atoms with E-state index in [-0.39, 0.29) is 5.56 Å². The summed E-state index contributed by atoms with van der Waals surface area (Å²) in [7, 11) is 0. The summed E-state index contributed by atoms with van der Waals surface area (Å²) in [5.74, 6) is 1.60. The second kappa shape index (κ2) is 8.41. The summed E-state index contributed by atoms with van der Waals surface area (Å²) in [6, 6.07) is 6.23. The highest BCUT2D eigenvalue weighted by Gasteiger charge is 2.30. The molecule has 2 fully saturated rings. The number of pyridine rings is 1. The van der Waals surface area contributed by atoms with Crippen LogP contribution in [0.1, 0.15) is 26.0 Å². The molecule has 0 spiro atoms. The van der Waals surface area contributed by atoms with Crippen molar-refractivity contribution >= 4 is 5.82 Å². The zero-order chi connectivity index (χ0) is 19.5. The summed E-state index contributed by atoms with van der Waals surface area (Å²) in [6.07, 6.45) is 3.76. The van der Waals surface area contributed by atoms with Crippen molar-refractivity contribution in [1.29, 1.82) is 0 Å². The van der Waals surface area contributed by atoms with E-state index in [1.165, 1.54) is 32.6 Å². The second-order valence-electron chi connectivity index (χ2n) is 7.70. The molecule has 28 heavy (non-hydrogen) atoms. The predicted molar refractivity (Wildman–Crippen MR) is 112 cm³/mol. The van der Waals surface area contributed by atoms with Crippen LogP contribution in [0.5, 0.6) is 0 Å². The van der Waals surface area contributed by atoms with Crippen LogP contribution in [0.25, 0.3) is 11.4 Å². The van der Waals surface area contributed by atoms with Gasteiger partial charge in [0.1, 0.15) is 11.6 Å². The molecule has 1 N–H and O–H groups in total. The minimum atomic E-state index is -0.114. The van der Waals surface area contributed by atoms with Crippen LogP contribution < -0.4 is 10.5 Å². The van der Waals surface area contributed by atoms with Gasteiger partial charge in [-0.2, -0.15) is 0 Å². The van der Waals surface area contributed by atoms with Gasteiger partial charge < -0.3 is 14.8 Å². The monoisotopic (exact) mass is 382 g/mol. The maximum atomic E-state index is 11.8. The maximum absolute atomic E-state index is 11.8. The van der Waals surface area contributed by atoms with E-state index in [9.17, 15) is 4.79 Å². The molecule has 1 atom stereocenters. The lowest BCUT2D eigenvalue weighted by Crippen LogP contribution is -2.50. The highest BCUT2D eigenvalue weighted by molar-refractivity contribution is 5.56. The SMILES string of the molecule is CCc1cc(=O)[nH]c(-c2ccc(N3CCC(N4CCN(CC)CC4)C3)nc2)n1.